The van der Waals surface area contributed by atoms with Crippen LogP contribution in [0.4, 0.5) is 0 Å². The highest BCUT2D eigenvalue weighted by Gasteiger charge is 2.26. The smallest absolute Gasteiger partial charge is 0.307 e. The Morgan fingerprint density at radius 3 is 2.19 bits per heavy atom. The van der Waals surface area contributed by atoms with Crippen LogP contribution in [0.3, 0.4) is 0 Å². The first-order valence-corrected chi connectivity index (χ1v) is 11.1. The Hall–Kier alpha value is -2.33. The molecule has 0 radical (unpaired) electrons. The van der Waals surface area contributed by atoms with Crippen LogP contribution in [-0.4, -0.2) is 52.9 Å². The molecular weight excluding hydrogens is 467 g/mol. The lowest BCUT2D eigenvalue weighted by Crippen LogP contribution is -2.31. The Labute approximate surface area is 191 Å². The van der Waals surface area contributed by atoms with Gasteiger partial charge in [-0.05, 0) is 29.8 Å². The Balaban J connectivity index is 2.43. The topological polar surface area (TPSA) is 102 Å². The van der Waals surface area contributed by atoms with E-state index in [1.165, 1.54) is 34.4 Å². The molecule has 168 valence electrons. The lowest BCUT2D eigenvalue weighted by molar-refractivity contribution is -0.141. The monoisotopic (exact) mass is 488 g/mol. The predicted octanol–water partition coefficient (Wildman–Crippen LogP) is 3.29. The van der Waals surface area contributed by atoms with Crippen molar-refractivity contribution in [3.05, 3.63) is 57.6 Å². The number of sulfonamides is 1. The molecule has 1 amide bonds. The van der Waals surface area contributed by atoms with Gasteiger partial charge in [-0.2, -0.15) is 0 Å². The fraction of sp³-hybridized carbons (Fsp3) is 0.300. The number of benzene rings is 2. The third-order valence-electron chi connectivity index (χ3n) is 4.45. The average molecular weight is 489 g/mol. The van der Waals surface area contributed by atoms with Crippen LogP contribution in [0.1, 0.15) is 28.4 Å². The largest absolute Gasteiger partial charge is 0.497 e. The molecule has 31 heavy (non-hydrogen) atoms. The summed E-state index contributed by atoms with van der Waals surface area (Å²) in [6, 6.07) is 8.30. The number of hydrogen-bond acceptors (Lipinski definition) is 6. The Kier molecular flexibility index (Phi) is 8.30. The van der Waals surface area contributed by atoms with Gasteiger partial charge in [0.1, 0.15) is 10.6 Å². The summed E-state index contributed by atoms with van der Waals surface area (Å²) < 4.78 is 35.9. The quantitative estimate of drug-likeness (QED) is 0.571. The van der Waals surface area contributed by atoms with Crippen LogP contribution in [0.5, 0.6) is 5.75 Å². The van der Waals surface area contributed by atoms with Crippen molar-refractivity contribution in [2.75, 3.05) is 28.3 Å². The fourth-order valence-corrected chi connectivity index (χ4v) is 4.40. The molecule has 0 aliphatic heterocycles. The van der Waals surface area contributed by atoms with Gasteiger partial charge < -0.3 is 14.8 Å². The van der Waals surface area contributed by atoms with Crippen molar-refractivity contribution < 1.29 is 27.5 Å². The van der Waals surface area contributed by atoms with E-state index in [0.29, 0.717) is 11.3 Å². The van der Waals surface area contributed by atoms with Crippen LogP contribution in [0, 0.1) is 0 Å². The minimum atomic E-state index is -3.92. The third-order valence-corrected chi connectivity index (χ3v) is 7.04. The maximum atomic E-state index is 13.0. The Morgan fingerprint density at radius 1 is 1.06 bits per heavy atom. The molecule has 0 bridgehead atoms. The summed E-state index contributed by atoms with van der Waals surface area (Å²) in [4.78, 5) is 24.6. The SMILES string of the molecule is COC(=O)C[C@H](NC(=O)c1cc(S(=O)(=O)N(C)C)c(Cl)cc1Cl)c1ccc(OC)cc1. The van der Waals surface area contributed by atoms with Gasteiger partial charge in [-0.25, -0.2) is 12.7 Å². The van der Waals surface area contributed by atoms with E-state index in [9.17, 15) is 18.0 Å². The number of nitrogens with zero attached hydrogens (tertiary/aromatic N) is 1. The molecule has 0 unspecified atom stereocenters. The summed E-state index contributed by atoms with van der Waals surface area (Å²) in [5.41, 5.74) is 0.514. The maximum absolute atomic E-state index is 13.0. The molecule has 0 aliphatic rings. The number of hydrogen-bond donors (Lipinski definition) is 1. The van der Waals surface area contributed by atoms with Crippen molar-refractivity contribution in [1.29, 1.82) is 0 Å². The number of esters is 1. The van der Waals surface area contributed by atoms with Crippen molar-refractivity contribution in [2.45, 2.75) is 17.4 Å². The first-order valence-electron chi connectivity index (χ1n) is 8.94. The van der Waals surface area contributed by atoms with Gasteiger partial charge in [0, 0.05) is 14.1 Å². The molecule has 0 fully saturated rings. The number of nitrogens with one attached hydrogen (secondary N) is 1. The molecule has 11 heteroatoms. The highest BCUT2D eigenvalue weighted by molar-refractivity contribution is 7.89. The van der Waals surface area contributed by atoms with E-state index in [1.807, 2.05) is 0 Å². The normalized spacial score (nSPS) is 12.4. The number of amides is 1. The van der Waals surface area contributed by atoms with Crippen molar-refractivity contribution in [2.24, 2.45) is 0 Å². The molecule has 0 saturated heterocycles. The second kappa shape index (κ2) is 10.3. The van der Waals surface area contributed by atoms with Crippen LogP contribution in [0.2, 0.25) is 10.0 Å². The Morgan fingerprint density at radius 2 is 1.68 bits per heavy atom. The van der Waals surface area contributed by atoms with Crippen molar-refractivity contribution in [3.63, 3.8) is 0 Å². The molecule has 2 rings (SSSR count). The molecular formula is C20H22Cl2N2O6S. The van der Waals surface area contributed by atoms with Gasteiger partial charge in [0.2, 0.25) is 10.0 Å². The van der Waals surface area contributed by atoms with Gasteiger partial charge >= 0.3 is 5.97 Å². The number of carbonyl (C=O) groups excluding carboxylic acids is 2. The summed E-state index contributed by atoms with van der Waals surface area (Å²) in [6.45, 7) is 0. The fourth-order valence-electron chi connectivity index (χ4n) is 2.67. The van der Waals surface area contributed by atoms with E-state index >= 15 is 0 Å². The zero-order valence-corrected chi connectivity index (χ0v) is 19.6. The number of carbonyl (C=O) groups is 2. The van der Waals surface area contributed by atoms with Crippen LogP contribution >= 0.6 is 23.2 Å². The molecule has 0 saturated carbocycles. The molecule has 0 spiro atoms. The lowest BCUT2D eigenvalue weighted by atomic mass is 10.0. The van der Waals surface area contributed by atoms with E-state index in [4.69, 9.17) is 32.7 Å². The molecule has 2 aromatic rings. The minimum absolute atomic E-state index is 0.0354. The molecule has 2 aromatic carbocycles. The van der Waals surface area contributed by atoms with Crippen molar-refractivity contribution in [1.82, 2.24) is 9.62 Å². The Bertz CT molecular complexity index is 1070. The average Bonchev–Trinajstić information content (AvgIpc) is 2.72. The number of halogens is 2. The number of rotatable bonds is 8. The van der Waals surface area contributed by atoms with E-state index in [0.717, 1.165) is 10.4 Å². The van der Waals surface area contributed by atoms with Crippen molar-refractivity contribution in [3.8, 4) is 5.75 Å². The van der Waals surface area contributed by atoms with Gasteiger partial charge in [-0.1, -0.05) is 35.3 Å². The van der Waals surface area contributed by atoms with Crippen LogP contribution in [0.25, 0.3) is 0 Å². The van der Waals surface area contributed by atoms with Gasteiger partial charge in [0.05, 0.1) is 42.3 Å². The highest BCUT2D eigenvalue weighted by Crippen LogP contribution is 2.31. The minimum Gasteiger partial charge on any atom is -0.497 e. The van der Waals surface area contributed by atoms with E-state index < -0.39 is 27.9 Å². The van der Waals surface area contributed by atoms with Gasteiger partial charge in [-0.3, -0.25) is 9.59 Å². The molecule has 0 aromatic heterocycles. The number of methoxy groups -OCH3 is 2. The van der Waals surface area contributed by atoms with Crippen LogP contribution < -0.4 is 10.1 Å². The van der Waals surface area contributed by atoms with E-state index in [-0.39, 0.29) is 26.9 Å². The summed E-state index contributed by atoms with van der Waals surface area (Å²) in [5.74, 6) is -0.619. The molecule has 1 atom stereocenters. The first kappa shape index (κ1) is 24.9. The molecule has 0 heterocycles. The summed E-state index contributed by atoms with van der Waals surface area (Å²) >= 11 is 12.2. The predicted molar refractivity (Wildman–Crippen MR) is 117 cm³/mol. The zero-order valence-electron chi connectivity index (χ0n) is 17.3. The summed E-state index contributed by atoms with van der Waals surface area (Å²) in [6.07, 6.45) is -0.150. The highest BCUT2D eigenvalue weighted by atomic mass is 35.5. The summed E-state index contributed by atoms with van der Waals surface area (Å²) in [7, 11) is 1.53. The van der Waals surface area contributed by atoms with Gasteiger partial charge in [-0.15, -0.1) is 0 Å². The maximum Gasteiger partial charge on any atom is 0.307 e. The zero-order chi connectivity index (χ0) is 23.3. The second-order valence-electron chi connectivity index (χ2n) is 6.63. The van der Waals surface area contributed by atoms with Gasteiger partial charge in [0.25, 0.3) is 5.91 Å². The molecule has 1 N–H and O–H groups in total. The lowest BCUT2D eigenvalue weighted by Gasteiger charge is -2.20. The first-order chi connectivity index (χ1) is 14.5. The third kappa shape index (κ3) is 5.88. The number of ether oxygens (including phenoxy) is 2. The molecule has 8 nitrogen and oxygen atoms in total. The molecule has 0 aliphatic carbocycles. The van der Waals surface area contributed by atoms with Gasteiger partial charge in [0.15, 0.2) is 0 Å². The van der Waals surface area contributed by atoms with Crippen LogP contribution in [-0.2, 0) is 19.6 Å². The second-order valence-corrected chi connectivity index (χ2v) is 9.56. The summed E-state index contributed by atoms with van der Waals surface area (Å²) in [5, 5.41) is 2.55. The van der Waals surface area contributed by atoms with E-state index in [1.54, 1.807) is 24.3 Å². The van der Waals surface area contributed by atoms with Crippen molar-refractivity contribution >= 4 is 45.1 Å². The van der Waals surface area contributed by atoms with E-state index in [2.05, 4.69) is 5.32 Å². The van der Waals surface area contributed by atoms with Crippen LogP contribution in [0.15, 0.2) is 41.3 Å². The standard InChI is InChI=1S/C20H22Cl2N2O6S/c1-24(2)31(27,28)18-9-14(15(21)10-16(18)22)20(26)23-17(11-19(25)30-4)12-5-7-13(29-3)8-6-12/h5-10,17H,11H2,1-4H3,(H,23,26)/t17-/m0/s1.